The molecular weight excluding hydrogens is 269 g/mol. The predicted molar refractivity (Wildman–Crippen MR) is 73.9 cm³/mol. The quantitative estimate of drug-likeness (QED) is 0.856. The minimum Gasteiger partial charge on any atom is -0.311 e. The van der Waals surface area contributed by atoms with Crippen LogP contribution >= 0.6 is 23.2 Å². The third kappa shape index (κ3) is 3.95. The molecule has 1 heterocycles. The molecule has 0 spiro atoms. The van der Waals surface area contributed by atoms with Crippen molar-refractivity contribution in [2.24, 2.45) is 0 Å². The number of benzene rings is 1. The molecule has 0 aliphatic rings. The largest absolute Gasteiger partial charge is 0.311 e. The molecule has 2 aromatic rings. The topological polar surface area (TPSA) is 37.8 Å². The standard InChI is InChI=1S/C13H13Cl2N3/c14-11-2-1-10(13(15)7-11)3-4-16-8-12-9-17-5-6-18-12/h1-2,5-7,9,16H,3-4,8H2. The molecule has 0 aliphatic carbocycles. The fourth-order valence-electron chi connectivity index (χ4n) is 1.59. The van der Waals surface area contributed by atoms with Gasteiger partial charge in [0.1, 0.15) is 0 Å². The average Bonchev–Trinajstić information content (AvgIpc) is 2.38. The van der Waals surface area contributed by atoms with E-state index in [1.54, 1.807) is 24.7 Å². The second-order valence-electron chi connectivity index (χ2n) is 3.86. The van der Waals surface area contributed by atoms with Crippen molar-refractivity contribution in [2.75, 3.05) is 6.54 Å². The normalized spacial score (nSPS) is 10.6. The molecule has 18 heavy (non-hydrogen) atoms. The number of nitrogens with one attached hydrogen (secondary N) is 1. The Balaban J connectivity index is 1.79. The molecule has 0 bridgehead atoms. The molecule has 5 heteroatoms. The summed E-state index contributed by atoms with van der Waals surface area (Å²) in [6.07, 6.45) is 5.96. The lowest BCUT2D eigenvalue weighted by molar-refractivity contribution is 0.672. The maximum atomic E-state index is 6.09. The third-order valence-electron chi connectivity index (χ3n) is 2.51. The molecule has 1 N–H and O–H groups in total. The van der Waals surface area contributed by atoms with E-state index in [1.165, 1.54) is 0 Å². The van der Waals surface area contributed by atoms with E-state index < -0.39 is 0 Å². The maximum Gasteiger partial charge on any atom is 0.0724 e. The van der Waals surface area contributed by atoms with Gasteiger partial charge in [0.25, 0.3) is 0 Å². The number of hydrogen-bond donors (Lipinski definition) is 1. The van der Waals surface area contributed by atoms with Gasteiger partial charge >= 0.3 is 0 Å². The highest BCUT2D eigenvalue weighted by atomic mass is 35.5. The lowest BCUT2D eigenvalue weighted by Crippen LogP contribution is -2.17. The molecule has 0 aliphatic heterocycles. The van der Waals surface area contributed by atoms with Crippen LogP contribution in [0.25, 0.3) is 0 Å². The summed E-state index contributed by atoms with van der Waals surface area (Å²) >= 11 is 11.9. The first kappa shape index (κ1) is 13.3. The Hall–Kier alpha value is -1.16. The number of halogens is 2. The summed E-state index contributed by atoms with van der Waals surface area (Å²) in [7, 11) is 0. The predicted octanol–water partition coefficient (Wildman–Crippen LogP) is 3.12. The van der Waals surface area contributed by atoms with Crippen molar-refractivity contribution in [3.63, 3.8) is 0 Å². The van der Waals surface area contributed by atoms with Crippen LogP contribution in [-0.4, -0.2) is 16.5 Å². The van der Waals surface area contributed by atoms with E-state index in [1.807, 2.05) is 12.1 Å². The molecular formula is C13H13Cl2N3. The molecule has 1 aromatic carbocycles. The highest BCUT2D eigenvalue weighted by Crippen LogP contribution is 2.20. The summed E-state index contributed by atoms with van der Waals surface area (Å²) in [5.41, 5.74) is 2.02. The Labute approximate surface area is 116 Å². The van der Waals surface area contributed by atoms with E-state index in [2.05, 4.69) is 15.3 Å². The van der Waals surface area contributed by atoms with Crippen molar-refractivity contribution in [2.45, 2.75) is 13.0 Å². The Morgan fingerprint density at radius 2 is 2.06 bits per heavy atom. The van der Waals surface area contributed by atoms with Gasteiger partial charge in [-0.05, 0) is 30.7 Å². The lowest BCUT2D eigenvalue weighted by atomic mass is 10.1. The Morgan fingerprint density at radius 1 is 1.17 bits per heavy atom. The fourth-order valence-corrected chi connectivity index (χ4v) is 2.09. The van der Waals surface area contributed by atoms with E-state index in [9.17, 15) is 0 Å². The Morgan fingerprint density at radius 3 is 2.78 bits per heavy atom. The number of aromatic nitrogens is 2. The van der Waals surface area contributed by atoms with Gasteiger partial charge in [-0.25, -0.2) is 0 Å². The van der Waals surface area contributed by atoms with Gasteiger partial charge in [0.2, 0.25) is 0 Å². The van der Waals surface area contributed by atoms with Crippen LogP contribution in [0, 0.1) is 0 Å². The van der Waals surface area contributed by atoms with Crippen LogP contribution in [0.5, 0.6) is 0 Å². The zero-order valence-corrected chi connectivity index (χ0v) is 11.2. The highest BCUT2D eigenvalue weighted by molar-refractivity contribution is 6.35. The summed E-state index contributed by atoms with van der Waals surface area (Å²) in [6, 6.07) is 5.57. The van der Waals surface area contributed by atoms with Crippen LogP contribution in [0.3, 0.4) is 0 Å². The molecule has 2 rings (SSSR count). The zero-order valence-electron chi connectivity index (χ0n) is 9.74. The van der Waals surface area contributed by atoms with Gasteiger partial charge in [-0.3, -0.25) is 9.97 Å². The van der Waals surface area contributed by atoms with Crippen molar-refractivity contribution in [3.05, 3.63) is 58.1 Å². The zero-order chi connectivity index (χ0) is 12.8. The van der Waals surface area contributed by atoms with Crippen LogP contribution in [-0.2, 0) is 13.0 Å². The molecule has 3 nitrogen and oxygen atoms in total. The summed E-state index contributed by atoms with van der Waals surface area (Å²) < 4.78 is 0. The average molecular weight is 282 g/mol. The molecule has 0 saturated carbocycles. The van der Waals surface area contributed by atoms with E-state index >= 15 is 0 Å². The van der Waals surface area contributed by atoms with Gasteiger partial charge in [0, 0.05) is 35.2 Å². The van der Waals surface area contributed by atoms with Crippen LogP contribution in [0.15, 0.2) is 36.8 Å². The minimum atomic E-state index is 0.663. The second kappa shape index (κ2) is 6.69. The van der Waals surface area contributed by atoms with Crippen LogP contribution in [0.1, 0.15) is 11.3 Å². The first-order chi connectivity index (χ1) is 8.75. The smallest absolute Gasteiger partial charge is 0.0724 e. The van der Waals surface area contributed by atoms with Crippen molar-refractivity contribution < 1.29 is 0 Å². The van der Waals surface area contributed by atoms with Crippen LogP contribution in [0.2, 0.25) is 10.0 Å². The number of rotatable bonds is 5. The first-order valence-electron chi connectivity index (χ1n) is 5.65. The molecule has 0 saturated heterocycles. The highest BCUT2D eigenvalue weighted by Gasteiger charge is 2.01. The number of hydrogen-bond acceptors (Lipinski definition) is 3. The molecule has 0 amide bonds. The first-order valence-corrected chi connectivity index (χ1v) is 6.41. The maximum absolute atomic E-state index is 6.09. The molecule has 0 unspecified atom stereocenters. The van der Waals surface area contributed by atoms with Crippen molar-refractivity contribution in [1.82, 2.24) is 15.3 Å². The van der Waals surface area contributed by atoms with E-state index in [4.69, 9.17) is 23.2 Å². The summed E-state index contributed by atoms with van der Waals surface area (Å²) in [6.45, 7) is 1.54. The van der Waals surface area contributed by atoms with E-state index in [0.717, 1.165) is 24.2 Å². The minimum absolute atomic E-state index is 0.663. The third-order valence-corrected chi connectivity index (χ3v) is 3.10. The monoisotopic (exact) mass is 281 g/mol. The molecule has 1 aromatic heterocycles. The van der Waals surface area contributed by atoms with Gasteiger partial charge in [-0.1, -0.05) is 29.3 Å². The number of nitrogens with zero attached hydrogens (tertiary/aromatic N) is 2. The van der Waals surface area contributed by atoms with Gasteiger partial charge in [-0.15, -0.1) is 0 Å². The summed E-state index contributed by atoms with van der Waals surface area (Å²) in [5.74, 6) is 0. The second-order valence-corrected chi connectivity index (χ2v) is 4.70. The van der Waals surface area contributed by atoms with Gasteiger partial charge in [0.15, 0.2) is 0 Å². The summed E-state index contributed by atoms with van der Waals surface area (Å²) in [5, 5.41) is 4.67. The van der Waals surface area contributed by atoms with Gasteiger partial charge in [-0.2, -0.15) is 0 Å². The molecule has 94 valence electrons. The van der Waals surface area contributed by atoms with E-state index in [-0.39, 0.29) is 0 Å². The van der Waals surface area contributed by atoms with Crippen molar-refractivity contribution in [3.8, 4) is 0 Å². The van der Waals surface area contributed by atoms with E-state index in [0.29, 0.717) is 16.6 Å². The van der Waals surface area contributed by atoms with Gasteiger partial charge < -0.3 is 5.32 Å². The van der Waals surface area contributed by atoms with Gasteiger partial charge in [0.05, 0.1) is 5.69 Å². The molecule has 0 fully saturated rings. The summed E-state index contributed by atoms with van der Waals surface area (Å²) in [4.78, 5) is 8.19. The Kier molecular flexibility index (Phi) is 4.93. The van der Waals surface area contributed by atoms with Crippen LogP contribution in [0.4, 0.5) is 0 Å². The fraction of sp³-hybridized carbons (Fsp3) is 0.231. The molecule has 0 atom stereocenters. The SMILES string of the molecule is Clc1ccc(CCNCc2cnccn2)c(Cl)c1. The van der Waals surface area contributed by atoms with Crippen molar-refractivity contribution >= 4 is 23.2 Å². The lowest BCUT2D eigenvalue weighted by Gasteiger charge is -2.06. The molecule has 0 radical (unpaired) electrons. The Bertz CT molecular complexity index is 503. The van der Waals surface area contributed by atoms with Crippen molar-refractivity contribution in [1.29, 1.82) is 0 Å². The van der Waals surface area contributed by atoms with Crippen LogP contribution < -0.4 is 5.32 Å².